The monoisotopic (exact) mass is 246 g/mol. The van der Waals surface area contributed by atoms with Crippen LogP contribution >= 0.6 is 0 Å². The van der Waals surface area contributed by atoms with E-state index < -0.39 is 23.5 Å². The Hall–Kier alpha value is -2.43. The third kappa shape index (κ3) is 2.45. The van der Waals surface area contributed by atoms with Crippen molar-refractivity contribution in [2.75, 3.05) is 0 Å². The predicted octanol–water partition coefficient (Wildman–Crippen LogP) is 1.51. The zero-order chi connectivity index (χ0) is 13.1. The molecule has 0 fully saturated rings. The number of cyclic esters (lactones) is 1. The molecule has 1 unspecified atom stereocenters. The molecule has 0 bridgehead atoms. The molecule has 0 radical (unpaired) electrons. The highest BCUT2D eigenvalue weighted by molar-refractivity contribution is 6.25. The number of hydrogen-bond acceptors (Lipinski definition) is 5. The fourth-order valence-electron chi connectivity index (χ4n) is 1.55. The maximum absolute atomic E-state index is 11.7. The minimum atomic E-state index is -1.40. The first kappa shape index (κ1) is 12.0. The van der Waals surface area contributed by atoms with Crippen LogP contribution < -0.4 is 0 Å². The van der Waals surface area contributed by atoms with Gasteiger partial charge >= 0.3 is 5.97 Å². The van der Waals surface area contributed by atoms with Gasteiger partial charge in [0.25, 0.3) is 0 Å². The second-order valence-corrected chi connectivity index (χ2v) is 3.76. The van der Waals surface area contributed by atoms with Crippen LogP contribution in [0.3, 0.4) is 0 Å². The van der Waals surface area contributed by atoms with Crippen LogP contribution in [0.4, 0.5) is 0 Å². The summed E-state index contributed by atoms with van der Waals surface area (Å²) in [5.74, 6) is -2.76. The topological polar surface area (TPSA) is 73.6 Å². The Bertz CT molecular complexity index is 548. The fourth-order valence-corrected chi connectivity index (χ4v) is 1.55. The number of ketones is 2. The lowest BCUT2D eigenvalue weighted by molar-refractivity contribution is -0.151. The second-order valence-electron chi connectivity index (χ2n) is 3.76. The summed E-state index contributed by atoms with van der Waals surface area (Å²) in [4.78, 5) is 34.8. The van der Waals surface area contributed by atoms with Gasteiger partial charge in [0.1, 0.15) is 11.5 Å². The third-order valence-corrected chi connectivity index (χ3v) is 2.37. The van der Waals surface area contributed by atoms with E-state index in [2.05, 4.69) is 0 Å². The molecule has 5 nitrogen and oxygen atoms in total. The Balaban J connectivity index is 2.14. The lowest BCUT2D eigenvalue weighted by Crippen LogP contribution is -2.34. The highest BCUT2D eigenvalue weighted by Crippen LogP contribution is 2.16. The van der Waals surface area contributed by atoms with Crippen LogP contribution in [0.15, 0.2) is 40.7 Å². The van der Waals surface area contributed by atoms with E-state index in [-0.39, 0.29) is 5.76 Å². The van der Waals surface area contributed by atoms with Crippen LogP contribution in [0.2, 0.25) is 0 Å². The van der Waals surface area contributed by atoms with Gasteiger partial charge in [-0.15, -0.1) is 0 Å². The predicted molar refractivity (Wildman–Crippen MR) is 61.1 cm³/mol. The SMILES string of the molecule is CC1=CC(=O)C(C(=O)C=Cc2ccco2)C(=O)O1. The van der Waals surface area contributed by atoms with Crippen molar-refractivity contribution in [3.63, 3.8) is 0 Å². The van der Waals surface area contributed by atoms with Gasteiger partial charge in [0, 0.05) is 6.08 Å². The molecule has 1 atom stereocenters. The van der Waals surface area contributed by atoms with Crippen molar-refractivity contribution in [2.24, 2.45) is 5.92 Å². The molecule has 5 heteroatoms. The zero-order valence-corrected chi connectivity index (χ0v) is 9.58. The van der Waals surface area contributed by atoms with E-state index in [0.717, 1.165) is 12.2 Å². The molecule has 1 aromatic rings. The molecule has 1 aliphatic heterocycles. The Morgan fingerprint density at radius 2 is 2.17 bits per heavy atom. The fraction of sp³-hybridized carbons (Fsp3) is 0.154. The van der Waals surface area contributed by atoms with E-state index in [0.29, 0.717) is 5.76 Å². The highest BCUT2D eigenvalue weighted by atomic mass is 16.5. The summed E-state index contributed by atoms with van der Waals surface area (Å²) < 4.78 is 9.74. The quantitative estimate of drug-likeness (QED) is 0.459. The number of ether oxygens (including phenoxy) is 1. The van der Waals surface area contributed by atoms with Crippen molar-refractivity contribution in [2.45, 2.75) is 6.92 Å². The third-order valence-electron chi connectivity index (χ3n) is 2.37. The molecule has 2 rings (SSSR count). The number of carbonyl (C=O) groups excluding carboxylic acids is 3. The first-order chi connectivity index (χ1) is 8.58. The number of carbonyl (C=O) groups is 3. The minimum absolute atomic E-state index is 0.198. The van der Waals surface area contributed by atoms with Gasteiger partial charge in [0.15, 0.2) is 17.5 Å². The average molecular weight is 246 g/mol. The summed E-state index contributed by atoms with van der Waals surface area (Å²) in [6, 6.07) is 3.31. The molecule has 92 valence electrons. The van der Waals surface area contributed by atoms with Crippen molar-refractivity contribution < 1.29 is 23.5 Å². The highest BCUT2D eigenvalue weighted by Gasteiger charge is 2.36. The molecule has 2 heterocycles. The van der Waals surface area contributed by atoms with Crippen molar-refractivity contribution in [1.82, 2.24) is 0 Å². The molecule has 0 saturated carbocycles. The Kier molecular flexibility index (Phi) is 3.23. The molecule has 1 aromatic heterocycles. The molecule has 0 aromatic carbocycles. The van der Waals surface area contributed by atoms with Crippen molar-refractivity contribution >= 4 is 23.6 Å². The summed E-state index contributed by atoms with van der Waals surface area (Å²) >= 11 is 0. The molecular formula is C13H10O5. The number of esters is 1. The van der Waals surface area contributed by atoms with E-state index in [1.54, 1.807) is 12.1 Å². The maximum Gasteiger partial charge on any atom is 0.329 e. The normalized spacial score (nSPS) is 19.8. The number of furan rings is 1. The summed E-state index contributed by atoms with van der Waals surface area (Å²) in [7, 11) is 0. The van der Waals surface area contributed by atoms with E-state index in [1.807, 2.05) is 0 Å². The minimum Gasteiger partial charge on any atom is -0.465 e. The van der Waals surface area contributed by atoms with Gasteiger partial charge in [0.05, 0.1) is 6.26 Å². The summed E-state index contributed by atoms with van der Waals surface area (Å²) in [6.45, 7) is 1.48. The van der Waals surface area contributed by atoms with E-state index in [4.69, 9.17) is 9.15 Å². The first-order valence-electron chi connectivity index (χ1n) is 5.27. The first-order valence-corrected chi connectivity index (χ1v) is 5.27. The summed E-state index contributed by atoms with van der Waals surface area (Å²) in [5.41, 5.74) is 0. The summed E-state index contributed by atoms with van der Waals surface area (Å²) in [6.07, 6.45) is 5.13. The Morgan fingerprint density at radius 3 is 2.78 bits per heavy atom. The van der Waals surface area contributed by atoms with Crippen LogP contribution in [-0.2, 0) is 19.1 Å². The summed E-state index contributed by atoms with van der Waals surface area (Å²) in [5, 5.41) is 0. The van der Waals surface area contributed by atoms with Gasteiger partial charge in [-0.05, 0) is 31.2 Å². The van der Waals surface area contributed by atoms with Crippen LogP contribution in [-0.4, -0.2) is 17.5 Å². The molecule has 0 spiro atoms. The molecule has 0 aliphatic carbocycles. The lowest BCUT2D eigenvalue weighted by atomic mass is 9.96. The molecule has 18 heavy (non-hydrogen) atoms. The van der Waals surface area contributed by atoms with Gasteiger partial charge < -0.3 is 9.15 Å². The van der Waals surface area contributed by atoms with Crippen LogP contribution in [0.1, 0.15) is 12.7 Å². The van der Waals surface area contributed by atoms with E-state index in [9.17, 15) is 14.4 Å². The van der Waals surface area contributed by atoms with Crippen LogP contribution in [0.25, 0.3) is 6.08 Å². The van der Waals surface area contributed by atoms with Crippen molar-refractivity contribution in [1.29, 1.82) is 0 Å². The van der Waals surface area contributed by atoms with Gasteiger partial charge in [-0.1, -0.05) is 0 Å². The standard InChI is InChI=1S/C13H10O5/c1-8-7-11(15)12(13(16)18-8)10(14)5-4-9-3-2-6-17-9/h2-7,12H,1H3. The molecule has 1 aliphatic rings. The van der Waals surface area contributed by atoms with Gasteiger partial charge in [0.2, 0.25) is 0 Å². The smallest absolute Gasteiger partial charge is 0.329 e. The van der Waals surface area contributed by atoms with E-state index >= 15 is 0 Å². The van der Waals surface area contributed by atoms with E-state index in [1.165, 1.54) is 19.3 Å². The second kappa shape index (κ2) is 4.83. The largest absolute Gasteiger partial charge is 0.465 e. The lowest BCUT2D eigenvalue weighted by Gasteiger charge is -2.15. The Morgan fingerprint density at radius 1 is 1.39 bits per heavy atom. The van der Waals surface area contributed by atoms with Gasteiger partial charge in [-0.2, -0.15) is 0 Å². The van der Waals surface area contributed by atoms with Gasteiger partial charge in [-0.3, -0.25) is 14.4 Å². The number of rotatable bonds is 3. The molecular weight excluding hydrogens is 236 g/mol. The van der Waals surface area contributed by atoms with Crippen LogP contribution in [0.5, 0.6) is 0 Å². The van der Waals surface area contributed by atoms with Crippen molar-refractivity contribution in [3.05, 3.63) is 42.1 Å². The molecule has 0 N–H and O–H groups in total. The van der Waals surface area contributed by atoms with Gasteiger partial charge in [-0.25, -0.2) is 0 Å². The Labute approximate surface area is 103 Å². The molecule has 0 saturated heterocycles. The number of hydrogen-bond donors (Lipinski definition) is 0. The van der Waals surface area contributed by atoms with Crippen molar-refractivity contribution in [3.8, 4) is 0 Å². The average Bonchev–Trinajstić information content (AvgIpc) is 2.77. The maximum atomic E-state index is 11.7. The van der Waals surface area contributed by atoms with Crippen LogP contribution in [0, 0.1) is 5.92 Å². The molecule has 0 amide bonds. The number of allylic oxidation sites excluding steroid dienone is 3. The zero-order valence-electron chi connectivity index (χ0n) is 9.58.